The minimum atomic E-state index is -0.771. The lowest BCUT2D eigenvalue weighted by Crippen LogP contribution is -2.20. The van der Waals surface area contributed by atoms with Crippen molar-refractivity contribution in [2.75, 3.05) is 0 Å². The summed E-state index contributed by atoms with van der Waals surface area (Å²) in [5, 5.41) is 1.99. The van der Waals surface area contributed by atoms with E-state index in [-0.39, 0.29) is 11.3 Å². The molecular formula is C5H6N2O3. The predicted molar refractivity (Wildman–Crippen MR) is 32.6 cm³/mol. The fraction of sp³-hybridized carbons (Fsp3) is 0.200. The summed E-state index contributed by atoms with van der Waals surface area (Å²) in [7, 11) is 0. The fourth-order valence-electron chi connectivity index (χ4n) is 0.670. The number of aromatic amines is 1. The quantitative estimate of drug-likeness (QED) is 0.547. The van der Waals surface area contributed by atoms with Gasteiger partial charge in [0.1, 0.15) is 11.3 Å². The Morgan fingerprint density at radius 2 is 2.30 bits per heavy atom. The number of nitrogens with two attached hydrogens (primary N) is 1. The Balaban J connectivity index is 3.37. The average molecular weight is 142 g/mol. The van der Waals surface area contributed by atoms with Crippen LogP contribution in [-0.2, 0) is 0 Å². The maximum atomic E-state index is 10.6. The summed E-state index contributed by atoms with van der Waals surface area (Å²) >= 11 is 0. The van der Waals surface area contributed by atoms with E-state index in [2.05, 4.69) is 4.52 Å². The van der Waals surface area contributed by atoms with Gasteiger partial charge in [-0.3, -0.25) is 9.59 Å². The number of rotatable bonds is 1. The molecule has 0 radical (unpaired) electrons. The Kier molecular flexibility index (Phi) is 1.33. The van der Waals surface area contributed by atoms with E-state index in [1.165, 1.54) is 6.92 Å². The number of aryl methyl sites for hydroxylation is 1. The molecule has 1 heterocycles. The second-order valence-corrected chi connectivity index (χ2v) is 1.83. The summed E-state index contributed by atoms with van der Waals surface area (Å²) in [4.78, 5) is 21.1. The van der Waals surface area contributed by atoms with Gasteiger partial charge in [-0.05, 0) is 6.92 Å². The molecule has 0 saturated carbocycles. The molecule has 0 atom stereocenters. The van der Waals surface area contributed by atoms with Gasteiger partial charge in [0.15, 0.2) is 0 Å². The molecular weight excluding hydrogens is 136 g/mol. The Hall–Kier alpha value is -1.52. The molecule has 0 spiro atoms. The molecule has 1 aromatic rings. The monoisotopic (exact) mass is 142 g/mol. The van der Waals surface area contributed by atoms with Crippen molar-refractivity contribution in [3.8, 4) is 0 Å². The van der Waals surface area contributed by atoms with Gasteiger partial charge in [-0.15, -0.1) is 0 Å². The third-order valence-corrected chi connectivity index (χ3v) is 1.12. The SMILES string of the molecule is Cc1o[nH]c(=O)c1C(N)=O. The first-order valence-corrected chi connectivity index (χ1v) is 2.61. The van der Waals surface area contributed by atoms with Gasteiger partial charge in [0.05, 0.1) is 0 Å². The van der Waals surface area contributed by atoms with Crippen molar-refractivity contribution >= 4 is 5.91 Å². The summed E-state index contributed by atoms with van der Waals surface area (Å²) in [5.41, 5.74) is 4.15. The van der Waals surface area contributed by atoms with Crippen molar-refractivity contribution in [3.05, 3.63) is 21.7 Å². The molecule has 1 amide bonds. The van der Waals surface area contributed by atoms with E-state index in [0.29, 0.717) is 0 Å². The van der Waals surface area contributed by atoms with Crippen molar-refractivity contribution in [1.82, 2.24) is 5.16 Å². The van der Waals surface area contributed by atoms with Crippen LogP contribution in [-0.4, -0.2) is 11.1 Å². The first-order valence-electron chi connectivity index (χ1n) is 2.61. The van der Waals surface area contributed by atoms with Gasteiger partial charge >= 0.3 is 0 Å². The van der Waals surface area contributed by atoms with Crippen LogP contribution in [0.1, 0.15) is 16.1 Å². The van der Waals surface area contributed by atoms with Crippen molar-refractivity contribution in [1.29, 1.82) is 0 Å². The second-order valence-electron chi connectivity index (χ2n) is 1.83. The molecule has 0 aromatic carbocycles. The van der Waals surface area contributed by atoms with E-state index in [4.69, 9.17) is 5.73 Å². The lowest BCUT2D eigenvalue weighted by atomic mass is 10.3. The molecule has 1 aromatic heterocycles. The molecule has 0 bridgehead atoms. The highest BCUT2D eigenvalue weighted by atomic mass is 16.5. The summed E-state index contributed by atoms with van der Waals surface area (Å²) in [6.07, 6.45) is 0. The smallest absolute Gasteiger partial charge is 0.293 e. The lowest BCUT2D eigenvalue weighted by molar-refractivity contribution is 0.0998. The second kappa shape index (κ2) is 2.02. The van der Waals surface area contributed by atoms with Crippen LogP contribution >= 0.6 is 0 Å². The topological polar surface area (TPSA) is 89.1 Å². The van der Waals surface area contributed by atoms with Crippen LogP contribution in [0.2, 0.25) is 0 Å². The third kappa shape index (κ3) is 0.812. The Morgan fingerprint density at radius 1 is 1.70 bits per heavy atom. The van der Waals surface area contributed by atoms with Gasteiger partial charge in [0.25, 0.3) is 11.5 Å². The highest BCUT2D eigenvalue weighted by molar-refractivity contribution is 5.93. The van der Waals surface area contributed by atoms with Crippen LogP contribution < -0.4 is 11.3 Å². The number of carbonyl (C=O) groups excluding carboxylic acids is 1. The Morgan fingerprint density at radius 3 is 2.50 bits per heavy atom. The van der Waals surface area contributed by atoms with E-state index in [1.807, 2.05) is 5.16 Å². The van der Waals surface area contributed by atoms with Crippen molar-refractivity contribution in [3.63, 3.8) is 0 Å². The minimum Gasteiger partial charge on any atom is -0.383 e. The zero-order valence-electron chi connectivity index (χ0n) is 5.30. The third-order valence-electron chi connectivity index (χ3n) is 1.12. The van der Waals surface area contributed by atoms with Crippen LogP contribution in [0.4, 0.5) is 0 Å². The standard InChI is InChI=1S/C5H6N2O3/c1-2-3(4(6)8)5(9)7-10-2/h1H3,(H2,6,8)(H,7,9). The van der Waals surface area contributed by atoms with Crippen LogP contribution in [0.25, 0.3) is 0 Å². The fourth-order valence-corrected chi connectivity index (χ4v) is 0.670. The highest BCUT2D eigenvalue weighted by Gasteiger charge is 2.12. The van der Waals surface area contributed by atoms with Gasteiger partial charge < -0.3 is 10.3 Å². The van der Waals surface area contributed by atoms with Crippen LogP contribution in [0.15, 0.2) is 9.32 Å². The zero-order valence-corrected chi connectivity index (χ0v) is 5.30. The van der Waals surface area contributed by atoms with Gasteiger partial charge in [0, 0.05) is 0 Å². The number of amides is 1. The van der Waals surface area contributed by atoms with Gasteiger partial charge in [-0.1, -0.05) is 0 Å². The van der Waals surface area contributed by atoms with Crippen LogP contribution in [0.5, 0.6) is 0 Å². The molecule has 3 N–H and O–H groups in total. The molecule has 10 heavy (non-hydrogen) atoms. The molecule has 54 valence electrons. The van der Waals surface area contributed by atoms with Gasteiger partial charge in [-0.2, -0.15) is 5.16 Å². The number of nitrogens with one attached hydrogen (secondary N) is 1. The summed E-state index contributed by atoms with van der Waals surface area (Å²) < 4.78 is 4.52. The normalized spacial score (nSPS) is 9.70. The lowest BCUT2D eigenvalue weighted by Gasteiger charge is -1.83. The van der Waals surface area contributed by atoms with E-state index in [9.17, 15) is 9.59 Å². The number of primary amides is 1. The molecule has 0 saturated heterocycles. The van der Waals surface area contributed by atoms with E-state index in [1.54, 1.807) is 0 Å². The number of aromatic nitrogens is 1. The van der Waals surface area contributed by atoms with Gasteiger partial charge in [-0.25, -0.2) is 0 Å². The Labute approximate surface area is 55.8 Å². The number of H-pyrrole nitrogens is 1. The number of hydrogen-bond acceptors (Lipinski definition) is 3. The van der Waals surface area contributed by atoms with Gasteiger partial charge in [0.2, 0.25) is 0 Å². The summed E-state index contributed by atoms with van der Waals surface area (Å²) in [6, 6.07) is 0. The average Bonchev–Trinajstić information content (AvgIpc) is 2.11. The zero-order chi connectivity index (χ0) is 7.72. The first kappa shape index (κ1) is 6.60. The van der Waals surface area contributed by atoms with E-state index < -0.39 is 11.5 Å². The largest absolute Gasteiger partial charge is 0.383 e. The predicted octanol–water partition coefficient (Wildman–Crippen LogP) is -0.625. The van der Waals surface area contributed by atoms with Crippen molar-refractivity contribution in [2.24, 2.45) is 5.73 Å². The van der Waals surface area contributed by atoms with Crippen LogP contribution in [0, 0.1) is 6.92 Å². The molecule has 1 rings (SSSR count). The summed E-state index contributed by atoms with van der Waals surface area (Å²) in [6.45, 7) is 1.48. The molecule has 0 aliphatic carbocycles. The van der Waals surface area contributed by atoms with Crippen molar-refractivity contribution in [2.45, 2.75) is 6.92 Å². The molecule has 5 nitrogen and oxygen atoms in total. The minimum absolute atomic E-state index is 0.111. The molecule has 0 fully saturated rings. The maximum absolute atomic E-state index is 10.6. The number of carbonyl (C=O) groups is 1. The molecule has 0 aliphatic rings. The van der Waals surface area contributed by atoms with Crippen LogP contribution in [0.3, 0.4) is 0 Å². The molecule has 5 heteroatoms. The molecule has 0 aliphatic heterocycles. The van der Waals surface area contributed by atoms with Crippen molar-refractivity contribution < 1.29 is 9.32 Å². The summed E-state index contributed by atoms with van der Waals surface area (Å²) in [5.74, 6) is -0.551. The molecule has 0 unspecified atom stereocenters. The van der Waals surface area contributed by atoms with E-state index in [0.717, 1.165) is 0 Å². The maximum Gasteiger partial charge on any atom is 0.293 e. The first-order chi connectivity index (χ1) is 4.63. The number of hydrogen-bond donors (Lipinski definition) is 2. The van der Waals surface area contributed by atoms with E-state index >= 15 is 0 Å². The highest BCUT2D eigenvalue weighted by Crippen LogP contribution is 1.97. The Bertz CT molecular complexity index is 309.